The molecule has 1 aliphatic heterocycles. The van der Waals surface area contributed by atoms with Crippen molar-refractivity contribution in [3.63, 3.8) is 0 Å². The predicted molar refractivity (Wildman–Crippen MR) is 132 cm³/mol. The number of nitrogens with zero attached hydrogens (tertiary/aromatic N) is 2. The first-order chi connectivity index (χ1) is 15.6. The van der Waals surface area contributed by atoms with E-state index in [9.17, 15) is 4.79 Å². The monoisotopic (exact) mass is 429 g/mol. The van der Waals surface area contributed by atoms with Crippen LogP contribution in [-0.2, 0) is 6.42 Å². The predicted octanol–water partition coefficient (Wildman–Crippen LogP) is 3.21. The molecular weight excluding hydrogens is 398 g/mol. The highest BCUT2D eigenvalue weighted by molar-refractivity contribution is 5.98. The van der Waals surface area contributed by atoms with E-state index < -0.39 is 5.91 Å². The number of amides is 1. The van der Waals surface area contributed by atoms with E-state index in [4.69, 9.17) is 11.5 Å². The number of carbonyl (C=O) groups is 1. The number of nitrogen functional groups attached to an aromatic ring is 1. The van der Waals surface area contributed by atoms with E-state index in [0.717, 1.165) is 44.0 Å². The largest absolute Gasteiger partial charge is 0.399 e. The second kappa shape index (κ2) is 10.2. The maximum atomic E-state index is 11.8. The maximum Gasteiger partial charge on any atom is 0.250 e. The maximum absolute atomic E-state index is 11.8. The molecule has 6 nitrogen and oxygen atoms in total. The Morgan fingerprint density at radius 2 is 1.62 bits per heavy atom. The van der Waals surface area contributed by atoms with E-state index in [-0.39, 0.29) is 6.04 Å². The lowest BCUT2D eigenvalue weighted by molar-refractivity contribution is 0.100. The molecular formula is C26H31N5O. The number of benzene rings is 3. The molecule has 4 rings (SSSR count). The number of primary amides is 1. The number of nitrogens with two attached hydrogens (primary N) is 2. The van der Waals surface area contributed by atoms with E-state index >= 15 is 0 Å². The Hall–Kier alpha value is -3.51. The third kappa shape index (κ3) is 5.39. The Kier molecular flexibility index (Phi) is 6.92. The molecule has 0 aliphatic carbocycles. The quantitative estimate of drug-likeness (QED) is 0.479. The van der Waals surface area contributed by atoms with Gasteiger partial charge in [0, 0.05) is 55.8 Å². The summed E-state index contributed by atoms with van der Waals surface area (Å²) in [4.78, 5) is 16.8. The number of hydrogen-bond acceptors (Lipinski definition) is 5. The molecule has 5 N–H and O–H groups in total. The van der Waals surface area contributed by atoms with Gasteiger partial charge in [0.05, 0.1) is 5.56 Å². The first-order valence-electron chi connectivity index (χ1n) is 11.1. The van der Waals surface area contributed by atoms with Gasteiger partial charge in [0.25, 0.3) is 5.91 Å². The Morgan fingerprint density at radius 1 is 0.906 bits per heavy atom. The van der Waals surface area contributed by atoms with Gasteiger partial charge in [0.1, 0.15) is 0 Å². The lowest BCUT2D eigenvalue weighted by atomic mass is 10.0. The van der Waals surface area contributed by atoms with Gasteiger partial charge in [0.2, 0.25) is 0 Å². The van der Waals surface area contributed by atoms with E-state index in [1.54, 1.807) is 6.07 Å². The Bertz CT molecular complexity index is 1030. The molecule has 1 amide bonds. The zero-order valence-electron chi connectivity index (χ0n) is 18.3. The number of hydrogen-bond donors (Lipinski definition) is 3. The summed E-state index contributed by atoms with van der Waals surface area (Å²) in [5, 5.41) is 3.48. The summed E-state index contributed by atoms with van der Waals surface area (Å²) >= 11 is 0. The van der Waals surface area contributed by atoms with Crippen LogP contribution in [0.4, 0.5) is 17.1 Å². The molecule has 1 fully saturated rings. The van der Waals surface area contributed by atoms with Crippen LogP contribution in [-0.4, -0.2) is 49.6 Å². The third-order valence-corrected chi connectivity index (χ3v) is 6.10. The van der Waals surface area contributed by atoms with Gasteiger partial charge < -0.3 is 21.7 Å². The number of anilines is 3. The molecule has 1 atom stereocenters. The minimum Gasteiger partial charge on any atom is -0.399 e. The standard InChI is InChI=1S/C26H31N5O/c27-21-8-6-7-20(17-21)18-23(19-29-25-12-5-4-11-24(25)26(28)32)31-15-13-30(14-16-31)22-9-2-1-3-10-22/h1-12,17,23,29H,13-16,18-19,27H2,(H2,28,32). The van der Waals surface area contributed by atoms with Crippen LogP contribution in [0.2, 0.25) is 0 Å². The number of para-hydroxylation sites is 2. The molecule has 1 heterocycles. The Morgan fingerprint density at radius 3 is 2.34 bits per heavy atom. The highest BCUT2D eigenvalue weighted by Gasteiger charge is 2.24. The van der Waals surface area contributed by atoms with Crippen molar-refractivity contribution in [2.24, 2.45) is 5.73 Å². The molecule has 3 aromatic carbocycles. The fourth-order valence-electron chi connectivity index (χ4n) is 4.39. The van der Waals surface area contributed by atoms with Crippen molar-refractivity contribution in [3.8, 4) is 0 Å². The van der Waals surface area contributed by atoms with Crippen LogP contribution in [0.25, 0.3) is 0 Å². The van der Waals surface area contributed by atoms with E-state index in [1.165, 1.54) is 11.3 Å². The molecule has 1 aliphatic rings. The van der Waals surface area contributed by atoms with Crippen molar-refractivity contribution in [1.82, 2.24) is 4.90 Å². The first kappa shape index (κ1) is 21.7. The first-order valence-corrected chi connectivity index (χ1v) is 11.1. The zero-order chi connectivity index (χ0) is 22.3. The molecule has 3 aromatic rings. The van der Waals surface area contributed by atoms with Gasteiger partial charge in [-0.3, -0.25) is 9.69 Å². The number of rotatable bonds is 8. The minimum absolute atomic E-state index is 0.260. The third-order valence-electron chi connectivity index (χ3n) is 6.10. The Labute approximate surface area is 189 Å². The van der Waals surface area contributed by atoms with Gasteiger partial charge in [0.15, 0.2) is 0 Å². The molecule has 0 saturated carbocycles. The van der Waals surface area contributed by atoms with Gasteiger partial charge in [-0.2, -0.15) is 0 Å². The van der Waals surface area contributed by atoms with Crippen LogP contribution < -0.4 is 21.7 Å². The normalized spacial score (nSPS) is 15.3. The molecule has 32 heavy (non-hydrogen) atoms. The summed E-state index contributed by atoms with van der Waals surface area (Å²) in [5.41, 5.74) is 16.2. The number of nitrogens with one attached hydrogen (secondary N) is 1. The van der Waals surface area contributed by atoms with Crippen molar-refractivity contribution >= 4 is 23.0 Å². The number of carbonyl (C=O) groups excluding carboxylic acids is 1. The summed E-state index contributed by atoms with van der Waals surface area (Å²) < 4.78 is 0. The number of piperazine rings is 1. The fourth-order valence-corrected chi connectivity index (χ4v) is 4.39. The molecule has 166 valence electrons. The van der Waals surface area contributed by atoms with Crippen LogP contribution in [0.5, 0.6) is 0 Å². The topological polar surface area (TPSA) is 87.6 Å². The van der Waals surface area contributed by atoms with E-state index in [0.29, 0.717) is 12.1 Å². The molecule has 0 radical (unpaired) electrons. The van der Waals surface area contributed by atoms with E-state index in [2.05, 4.69) is 51.5 Å². The van der Waals surface area contributed by atoms with Crippen LogP contribution in [0.3, 0.4) is 0 Å². The molecule has 0 spiro atoms. The van der Waals surface area contributed by atoms with Gasteiger partial charge in [-0.1, -0.05) is 42.5 Å². The lowest BCUT2D eigenvalue weighted by Crippen LogP contribution is -2.53. The average molecular weight is 430 g/mol. The average Bonchev–Trinajstić information content (AvgIpc) is 2.82. The molecule has 6 heteroatoms. The van der Waals surface area contributed by atoms with Gasteiger partial charge >= 0.3 is 0 Å². The summed E-state index contributed by atoms with van der Waals surface area (Å²) in [6, 6.07) is 26.3. The SMILES string of the molecule is NC(=O)c1ccccc1NCC(Cc1cccc(N)c1)N1CCN(c2ccccc2)CC1. The second-order valence-electron chi connectivity index (χ2n) is 8.25. The summed E-state index contributed by atoms with van der Waals surface area (Å²) in [5.74, 6) is -0.419. The highest BCUT2D eigenvalue weighted by atomic mass is 16.1. The highest BCUT2D eigenvalue weighted by Crippen LogP contribution is 2.20. The van der Waals surface area contributed by atoms with Crippen LogP contribution in [0.15, 0.2) is 78.9 Å². The van der Waals surface area contributed by atoms with Gasteiger partial charge in [-0.15, -0.1) is 0 Å². The van der Waals surface area contributed by atoms with Crippen molar-refractivity contribution in [2.75, 3.05) is 48.7 Å². The van der Waals surface area contributed by atoms with Crippen molar-refractivity contribution < 1.29 is 4.79 Å². The fraction of sp³-hybridized carbons (Fsp3) is 0.269. The van der Waals surface area contributed by atoms with Crippen molar-refractivity contribution in [2.45, 2.75) is 12.5 Å². The molecule has 0 bridgehead atoms. The van der Waals surface area contributed by atoms with Crippen LogP contribution >= 0.6 is 0 Å². The molecule has 0 aromatic heterocycles. The van der Waals surface area contributed by atoms with Gasteiger partial charge in [-0.05, 0) is 48.4 Å². The second-order valence-corrected chi connectivity index (χ2v) is 8.25. The molecule has 1 unspecified atom stereocenters. The summed E-state index contributed by atoms with van der Waals surface area (Å²) in [6.07, 6.45) is 0.877. The summed E-state index contributed by atoms with van der Waals surface area (Å²) in [7, 11) is 0. The van der Waals surface area contributed by atoms with Crippen molar-refractivity contribution in [1.29, 1.82) is 0 Å². The van der Waals surface area contributed by atoms with E-state index in [1.807, 2.05) is 36.4 Å². The minimum atomic E-state index is -0.419. The van der Waals surface area contributed by atoms with Crippen LogP contribution in [0.1, 0.15) is 15.9 Å². The molecule has 1 saturated heterocycles. The van der Waals surface area contributed by atoms with Gasteiger partial charge in [-0.25, -0.2) is 0 Å². The lowest BCUT2D eigenvalue weighted by Gasteiger charge is -2.40. The Balaban J connectivity index is 1.47. The van der Waals surface area contributed by atoms with Crippen LogP contribution in [0, 0.1) is 0 Å². The zero-order valence-corrected chi connectivity index (χ0v) is 18.3. The van der Waals surface area contributed by atoms with Crippen molar-refractivity contribution in [3.05, 3.63) is 90.0 Å². The summed E-state index contributed by atoms with van der Waals surface area (Å²) in [6.45, 7) is 4.62. The smallest absolute Gasteiger partial charge is 0.250 e.